The fourth-order valence-corrected chi connectivity index (χ4v) is 2.03. The molecule has 1 aromatic carbocycles. The predicted octanol–water partition coefficient (Wildman–Crippen LogP) is 2.72. The fourth-order valence-electron chi connectivity index (χ4n) is 2.03. The molecule has 3 nitrogen and oxygen atoms in total. The molecular formula is C15H21N3. The summed E-state index contributed by atoms with van der Waals surface area (Å²) >= 11 is 0. The number of rotatable bonds is 3. The van der Waals surface area contributed by atoms with Crippen LogP contribution in [0, 0.1) is 6.92 Å². The molecule has 2 aromatic rings. The van der Waals surface area contributed by atoms with E-state index in [2.05, 4.69) is 49.0 Å². The standard InChI is InChI=1S/C15H21N3/c1-11-9-14(18(4)15(2,3)10-16)12-7-5-6-8-13(12)17-11/h5-9H,10,16H2,1-4H3. The highest BCUT2D eigenvalue weighted by atomic mass is 15.2. The van der Waals surface area contributed by atoms with Gasteiger partial charge in [-0.05, 0) is 32.9 Å². The molecule has 0 saturated heterocycles. The fraction of sp³-hybridized carbons (Fsp3) is 0.400. The van der Waals surface area contributed by atoms with E-state index < -0.39 is 0 Å². The second-order valence-corrected chi connectivity index (χ2v) is 5.38. The summed E-state index contributed by atoms with van der Waals surface area (Å²) in [5, 5.41) is 1.17. The number of nitrogens with zero attached hydrogens (tertiary/aromatic N) is 2. The molecule has 1 heterocycles. The van der Waals surface area contributed by atoms with Gasteiger partial charge in [0.15, 0.2) is 0 Å². The van der Waals surface area contributed by atoms with Crippen molar-refractivity contribution in [1.82, 2.24) is 4.98 Å². The van der Waals surface area contributed by atoms with E-state index in [-0.39, 0.29) is 5.54 Å². The summed E-state index contributed by atoms with van der Waals surface area (Å²) in [5.74, 6) is 0. The molecular weight excluding hydrogens is 222 g/mol. The van der Waals surface area contributed by atoms with Crippen LogP contribution in [-0.4, -0.2) is 24.1 Å². The van der Waals surface area contributed by atoms with Gasteiger partial charge in [0.05, 0.1) is 5.52 Å². The maximum absolute atomic E-state index is 5.87. The highest BCUT2D eigenvalue weighted by molar-refractivity contribution is 5.92. The second kappa shape index (κ2) is 4.58. The average molecular weight is 243 g/mol. The van der Waals surface area contributed by atoms with Gasteiger partial charge in [-0.2, -0.15) is 0 Å². The number of fused-ring (bicyclic) bond motifs is 1. The lowest BCUT2D eigenvalue weighted by molar-refractivity contribution is 0.499. The number of pyridine rings is 1. The van der Waals surface area contributed by atoms with Crippen LogP contribution in [0.25, 0.3) is 10.9 Å². The lowest BCUT2D eigenvalue weighted by Crippen LogP contribution is -2.47. The van der Waals surface area contributed by atoms with Gasteiger partial charge >= 0.3 is 0 Å². The molecule has 1 aromatic heterocycles. The third-order valence-corrected chi connectivity index (χ3v) is 3.59. The van der Waals surface area contributed by atoms with Crippen molar-refractivity contribution in [3.05, 3.63) is 36.0 Å². The largest absolute Gasteiger partial charge is 0.368 e. The highest BCUT2D eigenvalue weighted by Gasteiger charge is 2.23. The van der Waals surface area contributed by atoms with Crippen molar-refractivity contribution in [2.24, 2.45) is 5.73 Å². The van der Waals surface area contributed by atoms with E-state index in [0.717, 1.165) is 11.2 Å². The van der Waals surface area contributed by atoms with Crippen molar-refractivity contribution < 1.29 is 0 Å². The normalized spacial score (nSPS) is 11.8. The van der Waals surface area contributed by atoms with Crippen LogP contribution < -0.4 is 10.6 Å². The van der Waals surface area contributed by atoms with Crippen LogP contribution in [0.4, 0.5) is 5.69 Å². The van der Waals surface area contributed by atoms with E-state index in [4.69, 9.17) is 5.73 Å². The molecule has 0 saturated carbocycles. The Morgan fingerprint density at radius 1 is 1.28 bits per heavy atom. The Morgan fingerprint density at radius 2 is 1.94 bits per heavy atom. The third kappa shape index (κ3) is 2.18. The van der Waals surface area contributed by atoms with Gasteiger partial charge in [-0.3, -0.25) is 4.98 Å². The van der Waals surface area contributed by atoms with Crippen LogP contribution in [0.5, 0.6) is 0 Å². The van der Waals surface area contributed by atoms with Gasteiger partial charge in [-0.15, -0.1) is 0 Å². The first-order chi connectivity index (χ1) is 8.45. The summed E-state index contributed by atoms with van der Waals surface area (Å²) in [7, 11) is 2.09. The minimum absolute atomic E-state index is 0.0729. The molecule has 0 atom stereocenters. The van der Waals surface area contributed by atoms with Gasteiger partial charge in [-0.1, -0.05) is 18.2 Å². The van der Waals surface area contributed by atoms with E-state index in [9.17, 15) is 0 Å². The summed E-state index contributed by atoms with van der Waals surface area (Å²) in [6, 6.07) is 10.4. The molecule has 0 aliphatic heterocycles. The lowest BCUT2D eigenvalue weighted by atomic mass is 10.0. The van der Waals surface area contributed by atoms with E-state index in [1.807, 2.05) is 19.1 Å². The molecule has 2 N–H and O–H groups in total. The van der Waals surface area contributed by atoms with Crippen LogP contribution in [0.3, 0.4) is 0 Å². The van der Waals surface area contributed by atoms with Crippen molar-refractivity contribution in [2.75, 3.05) is 18.5 Å². The number of anilines is 1. The summed E-state index contributed by atoms with van der Waals surface area (Å²) in [6.45, 7) is 6.94. The zero-order valence-corrected chi connectivity index (χ0v) is 11.6. The predicted molar refractivity (Wildman–Crippen MR) is 78.0 cm³/mol. The van der Waals surface area contributed by atoms with Gasteiger partial charge in [0.25, 0.3) is 0 Å². The Balaban J connectivity index is 2.63. The summed E-state index contributed by atoms with van der Waals surface area (Å²) in [5.41, 5.74) is 9.05. The van der Waals surface area contributed by atoms with Crippen LogP contribution in [0.15, 0.2) is 30.3 Å². The van der Waals surface area contributed by atoms with E-state index in [1.165, 1.54) is 11.1 Å². The topological polar surface area (TPSA) is 42.1 Å². The monoisotopic (exact) mass is 243 g/mol. The molecule has 0 unspecified atom stereocenters. The molecule has 2 rings (SSSR count). The third-order valence-electron chi connectivity index (χ3n) is 3.59. The number of para-hydroxylation sites is 1. The molecule has 18 heavy (non-hydrogen) atoms. The molecule has 3 heteroatoms. The second-order valence-electron chi connectivity index (χ2n) is 5.38. The van der Waals surface area contributed by atoms with Crippen LogP contribution in [-0.2, 0) is 0 Å². The first-order valence-corrected chi connectivity index (χ1v) is 6.26. The van der Waals surface area contributed by atoms with Gasteiger partial charge in [0.2, 0.25) is 0 Å². The van der Waals surface area contributed by atoms with Gasteiger partial charge < -0.3 is 10.6 Å². The number of aromatic nitrogens is 1. The van der Waals surface area contributed by atoms with Crippen molar-refractivity contribution >= 4 is 16.6 Å². The molecule has 0 aliphatic carbocycles. The van der Waals surface area contributed by atoms with Crippen molar-refractivity contribution in [3.8, 4) is 0 Å². The average Bonchev–Trinajstić information content (AvgIpc) is 2.36. The van der Waals surface area contributed by atoms with Gasteiger partial charge in [0.1, 0.15) is 0 Å². The molecule has 0 aliphatic rings. The zero-order chi connectivity index (χ0) is 13.3. The van der Waals surface area contributed by atoms with E-state index >= 15 is 0 Å². The SMILES string of the molecule is Cc1cc(N(C)C(C)(C)CN)c2ccccc2n1. The van der Waals surface area contributed by atoms with Crippen LogP contribution in [0.2, 0.25) is 0 Å². The van der Waals surface area contributed by atoms with Crippen LogP contribution in [0.1, 0.15) is 19.5 Å². The maximum Gasteiger partial charge on any atom is 0.0726 e. The van der Waals surface area contributed by atoms with Gasteiger partial charge in [-0.25, -0.2) is 0 Å². The zero-order valence-electron chi connectivity index (χ0n) is 11.6. The Morgan fingerprint density at radius 3 is 2.61 bits per heavy atom. The van der Waals surface area contributed by atoms with Gasteiger partial charge in [0, 0.05) is 35.9 Å². The molecule has 0 radical (unpaired) electrons. The van der Waals surface area contributed by atoms with Crippen molar-refractivity contribution in [2.45, 2.75) is 26.3 Å². The number of benzene rings is 1. The minimum Gasteiger partial charge on any atom is -0.368 e. The Bertz CT molecular complexity index is 561. The number of hydrogen-bond donors (Lipinski definition) is 1. The molecule has 0 spiro atoms. The first kappa shape index (κ1) is 12.8. The van der Waals surface area contributed by atoms with E-state index in [0.29, 0.717) is 6.54 Å². The number of aryl methyl sites for hydroxylation is 1. The summed E-state index contributed by atoms with van der Waals surface area (Å²) in [6.07, 6.45) is 0. The molecule has 0 fully saturated rings. The summed E-state index contributed by atoms with van der Waals surface area (Å²) < 4.78 is 0. The van der Waals surface area contributed by atoms with Crippen molar-refractivity contribution in [3.63, 3.8) is 0 Å². The molecule has 0 bridgehead atoms. The number of hydrogen-bond acceptors (Lipinski definition) is 3. The van der Waals surface area contributed by atoms with E-state index in [1.54, 1.807) is 0 Å². The maximum atomic E-state index is 5.87. The minimum atomic E-state index is -0.0729. The lowest BCUT2D eigenvalue weighted by Gasteiger charge is -2.37. The Kier molecular flexibility index (Phi) is 3.26. The summed E-state index contributed by atoms with van der Waals surface area (Å²) in [4.78, 5) is 6.81. The molecule has 0 amide bonds. The highest BCUT2D eigenvalue weighted by Crippen LogP contribution is 2.29. The smallest absolute Gasteiger partial charge is 0.0726 e. The number of likely N-dealkylation sites (N-methyl/N-ethyl adjacent to an activating group) is 1. The molecule has 96 valence electrons. The Hall–Kier alpha value is -1.61. The van der Waals surface area contributed by atoms with Crippen LogP contribution >= 0.6 is 0 Å². The first-order valence-electron chi connectivity index (χ1n) is 6.26. The quantitative estimate of drug-likeness (QED) is 0.901. The van der Waals surface area contributed by atoms with Crippen molar-refractivity contribution in [1.29, 1.82) is 0 Å². The number of nitrogens with two attached hydrogens (primary N) is 1. The Labute approximate surface area is 109 Å².